The molecule has 0 saturated heterocycles. The number of benzene rings is 2. The predicted octanol–water partition coefficient (Wildman–Crippen LogP) is 3.28. The van der Waals surface area contributed by atoms with Crippen LogP contribution in [0.3, 0.4) is 0 Å². The maximum absolute atomic E-state index is 13.1. The Bertz CT molecular complexity index is 1670. The number of carbonyl (C=O) groups is 1. The van der Waals surface area contributed by atoms with Crippen molar-refractivity contribution in [3.63, 3.8) is 0 Å². The molecule has 0 fully saturated rings. The molecule has 1 atom stereocenters. The highest BCUT2D eigenvalue weighted by Gasteiger charge is 2.43. The van der Waals surface area contributed by atoms with Crippen molar-refractivity contribution < 1.29 is 4.79 Å². The van der Waals surface area contributed by atoms with Gasteiger partial charge in [0.05, 0.1) is 27.8 Å². The number of rotatable bonds is 6. The lowest BCUT2D eigenvalue weighted by molar-refractivity contribution is -0.122. The number of fused-ring (bicyclic) bond motifs is 2. The Morgan fingerprint density at radius 3 is 2.65 bits per heavy atom. The number of aromatic amines is 3. The highest BCUT2D eigenvalue weighted by molar-refractivity contribution is 6.09. The second-order valence-electron chi connectivity index (χ2n) is 9.50. The number of amides is 1. The summed E-state index contributed by atoms with van der Waals surface area (Å²) in [5.74, 6) is 0.914. The first kappa shape index (κ1) is 22.7. The molecule has 0 saturated carbocycles. The molecule has 0 spiro atoms. The maximum atomic E-state index is 13.1. The predicted molar refractivity (Wildman–Crippen MR) is 139 cm³/mol. The molecule has 0 aliphatic carbocycles. The maximum Gasteiger partial charge on any atom is 0.261 e. The molecule has 37 heavy (non-hydrogen) atoms. The summed E-state index contributed by atoms with van der Waals surface area (Å²) in [6.07, 6.45) is 1.58. The molecule has 6 rings (SSSR count). The molecule has 1 aliphatic rings. The van der Waals surface area contributed by atoms with Crippen molar-refractivity contribution in [1.29, 1.82) is 0 Å². The van der Waals surface area contributed by atoms with Gasteiger partial charge >= 0.3 is 0 Å². The first-order valence-corrected chi connectivity index (χ1v) is 12.0. The third kappa shape index (κ3) is 3.58. The zero-order valence-electron chi connectivity index (χ0n) is 20.5. The van der Waals surface area contributed by atoms with E-state index in [0.29, 0.717) is 35.0 Å². The number of carbonyl (C=O) groups excluding carboxylic acids is 1. The van der Waals surface area contributed by atoms with Gasteiger partial charge in [-0.3, -0.25) is 9.59 Å². The van der Waals surface area contributed by atoms with Crippen molar-refractivity contribution >= 4 is 28.3 Å². The first-order valence-electron chi connectivity index (χ1n) is 12.0. The molecule has 11 heteroatoms. The summed E-state index contributed by atoms with van der Waals surface area (Å²) in [6.45, 7) is 6.39. The van der Waals surface area contributed by atoms with Crippen molar-refractivity contribution in [2.24, 2.45) is 0 Å². The van der Waals surface area contributed by atoms with Crippen molar-refractivity contribution in [3.05, 3.63) is 82.0 Å². The van der Waals surface area contributed by atoms with Crippen LogP contribution in [0.15, 0.2) is 59.5 Å². The second-order valence-corrected chi connectivity index (χ2v) is 9.50. The lowest BCUT2D eigenvalue weighted by atomic mass is 9.86. The Kier molecular flexibility index (Phi) is 5.14. The number of H-pyrrole nitrogens is 3. The average Bonchev–Trinajstić information content (AvgIpc) is 3.61. The van der Waals surface area contributed by atoms with E-state index in [1.165, 1.54) is 0 Å². The van der Waals surface area contributed by atoms with Gasteiger partial charge in [0, 0.05) is 12.7 Å². The molecule has 1 unspecified atom stereocenters. The van der Waals surface area contributed by atoms with Crippen LogP contribution in [0.5, 0.6) is 0 Å². The summed E-state index contributed by atoms with van der Waals surface area (Å²) >= 11 is 0. The Balaban J connectivity index is 1.46. The minimum atomic E-state index is -0.644. The first-order chi connectivity index (χ1) is 17.9. The normalized spacial score (nSPS) is 15.2. The average molecular weight is 496 g/mol. The summed E-state index contributed by atoms with van der Waals surface area (Å²) in [4.78, 5) is 38.6. The Morgan fingerprint density at radius 2 is 1.92 bits per heavy atom. The number of likely N-dealkylation sites (N-methyl/N-ethyl adjacent to an activating group) is 1. The standard InChI is InChI=1S/C26H25N9O2/c1-4-35-19-13-18-17(12-15(19)26(2,3)25(35)37)29-22(30-18)20-16(10-11-27-24(20)36)28-21(23-31-33-34-32-23)14-8-6-5-7-9-14/h5-13,21H,4H2,1-3H3,(H,29,30)(H2,27,28,36)(H,31,32,33,34). The quantitative estimate of drug-likeness (QED) is 0.282. The Morgan fingerprint density at radius 1 is 1.11 bits per heavy atom. The number of nitrogens with one attached hydrogen (secondary N) is 4. The molecule has 3 aromatic heterocycles. The smallest absolute Gasteiger partial charge is 0.261 e. The molecule has 4 heterocycles. The number of nitrogens with zero attached hydrogens (tertiary/aromatic N) is 5. The summed E-state index contributed by atoms with van der Waals surface area (Å²) in [7, 11) is 0. The largest absolute Gasteiger partial charge is 0.371 e. The van der Waals surface area contributed by atoms with Crippen molar-refractivity contribution in [1.82, 2.24) is 35.6 Å². The number of imidazole rings is 1. The molecular weight excluding hydrogens is 470 g/mol. The van der Waals surface area contributed by atoms with Crippen LogP contribution in [0, 0.1) is 0 Å². The van der Waals surface area contributed by atoms with E-state index >= 15 is 0 Å². The summed E-state index contributed by atoms with van der Waals surface area (Å²) in [6, 6.07) is 14.9. The summed E-state index contributed by atoms with van der Waals surface area (Å²) in [5.41, 5.74) is 4.07. The molecule has 0 bridgehead atoms. The molecular formula is C26H25N9O2. The Labute approximate surface area is 211 Å². The fraction of sp³-hybridized carbons (Fsp3) is 0.231. The van der Waals surface area contributed by atoms with E-state index in [0.717, 1.165) is 22.3 Å². The highest BCUT2D eigenvalue weighted by Crippen LogP contribution is 2.43. The third-order valence-corrected chi connectivity index (χ3v) is 6.91. The SMILES string of the molecule is CCN1C(=O)C(C)(C)c2cc3[nH]c(-c4c(NC(c5ccccc5)c5nn[nH]n5)cc[nH]c4=O)nc3cc21. The zero-order valence-corrected chi connectivity index (χ0v) is 20.5. The lowest BCUT2D eigenvalue weighted by Crippen LogP contribution is -2.35. The van der Waals surface area contributed by atoms with E-state index in [1.54, 1.807) is 17.2 Å². The monoisotopic (exact) mass is 495 g/mol. The van der Waals surface area contributed by atoms with Gasteiger partial charge in [0.15, 0.2) is 0 Å². The number of pyridine rings is 1. The van der Waals surface area contributed by atoms with Crippen LogP contribution in [-0.4, -0.2) is 48.0 Å². The Hall–Kier alpha value is -4.80. The van der Waals surface area contributed by atoms with Gasteiger partial charge < -0.3 is 20.2 Å². The number of anilines is 2. The van der Waals surface area contributed by atoms with E-state index in [-0.39, 0.29) is 11.5 Å². The molecule has 4 N–H and O–H groups in total. The molecule has 1 amide bonds. The van der Waals surface area contributed by atoms with Crippen molar-refractivity contribution in [2.75, 3.05) is 16.8 Å². The van der Waals surface area contributed by atoms with Crippen LogP contribution in [0.25, 0.3) is 22.4 Å². The van der Waals surface area contributed by atoms with Crippen LogP contribution in [0.4, 0.5) is 11.4 Å². The van der Waals surface area contributed by atoms with E-state index < -0.39 is 11.5 Å². The van der Waals surface area contributed by atoms with E-state index in [9.17, 15) is 9.59 Å². The van der Waals surface area contributed by atoms with Gasteiger partial charge in [0.25, 0.3) is 5.56 Å². The molecule has 186 valence electrons. The van der Waals surface area contributed by atoms with E-state index in [4.69, 9.17) is 4.98 Å². The van der Waals surface area contributed by atoms with Crippen LogP contribution in [-0.2, 0) is 10.2 Å². The second kappa shape index (κ2) is 8.40. The fourth-order valence-corrected chi connectivity index (χ4v) is 4.99. The number of aromatic nitrogens is 7. The minimum absolute atomic E-state index is 0.0669. The van der Waals surface area contributed by atoms with Gasteiger partial charge in [-0.05, 0) is 50.1 Å². The van der Waals surface area contributed by atoms with Gasteiger partial charge in [-0.25, -0.2) is 4.98 Å². The van der Waals surface area contributed by atoms with E-state index in [1.807, 2.05) is 63.2 Å². The van der Waals surface area contributed by atoms with Gasteiger partial charge in [-0.2, -0.15) is 5.21 Å². The lowest BCUT2D eigenvalue weighted by Gasteiger charge is -2.18. The summed E-state index contributed by atoms with van der Waals surface area (Å²) in [5, 5.41) is 18.0. The number of tetrazole rings is 1. The zero-order chi connectivity index (χ0) is 25.7. The third-order valence-electron chi connectivity index (χ3n) is 6.91. The van der Waals surface area contributed by atoms with Crippen molar-refractivity contribution in [3.8, 4) is 11.4 Å². The molecule has 2 aromatic carbocycles. The van der Waals surface area contributed by atoms with Gasteiger partial charge in [-0.1, -0.05) is 35.5 Å². The number of hydrogen-bond acceptors (Lipinski definition) is 7. The fourth-order valence-electron chi connectivity index (χ4n) is 4.99. The van der Waals surface area contributed by atoms with Crippen LogP contribution < -0.4 is 15.8 Å². The van der Waals surface area contributed by atoms with Crippen molar-refractivity contribution in [2.45, 2.75) is 32.2 Å². The van der Waals surface area contributed by atoms with E-state index in [2.05, 4.69) is 35.9 Å². The molecule has 11 nitrogen and oxygen atoms in total. The molecule has 5 aromatic rings. The topological polar surface area (TPSA) is 148 Å². The van der Waals surface area contributed by atoms with Crippen LogP contribution in [0.1, 0.15) is 43.8 Å². The minimum Gasteiger partial charge on any atom is -0.371 e. The number of hydrogen-bond donors (Lipinski definition) is 4. The summed E-state index contributed by atoms with van der Waals surface area (Å²) < 4.78 is 0. The highest BCUT2D eigenvalue weighted by atomic mass is 16.2. The van der Waals surface area contributed by atoms with Crippen LogP contribution >= 0.6 is 0 Å². The molecule has 0 radical (unpaired) electrons. The molecule has 1 aliphatic heterocycles. The van der Waals surface area contributed by atoms with Crippen LogP contribution in [0.2, 0.25) is 0 Å². The van der Waals surface area contributed by atoms with Gasteiger partial charge in [0.1, 0.15) is 17.4 Å². The van der Waals surface area contributed by atoms with Gasteiger partial charge in [0.2, 0.25) is 11.7 Å². The van der Waals surface area contributed by atoms with Gasteiger partial charge in [-0.15, -0.1) is 10.2 Å².